The van der Waals surface area contributed by atoms with Gasteiger partial charge in [-0.1, -0.05) is 23.3 Å². The standard InChI is InChI=1S/C13H8IN3O2/c14-10-2-1-3-12(8-10)19-13(18)9-4-6-11(7-5-9)16-17-15/h1-8H. The van der Waals surface area contributed by atoms with Crippen LogP contribution >= 0.6 is 22.6 Å². The molecule has 0 amide bonds. The molecule has 2 rings (SSSR count). The number of nitrogens with zero attached hydrogens (tertiary/aromatic N) is 3. The minimum absolute atomic E-state index is 0.399. The first kappa shape index (κ1) is 13.4. The zero-order valence-corrected chi connectivity index (χ0v) is 11.8. The van der Waals surface area contributed by atoms with Gasteiger partial charge in [0.15, 0.2) is 0 Å². The van der Waals surface area contributed by atoms with E-state index in [1.54, 1.807) is 36.4 Å². The molecule has 0 aliphatic rings. The van der Waals surface area contributed by atoms with Gasteiger partial charge >= 0.3 is 5.97 Å². The van der Waals surface area contributed by atoms with Crippen molar-refractivity contribution in [2.45, 2.75) is 0 Å². The van der Waals surface area contributed by atoms with Crippen molar-refractivity contribution in [2.24, 2.45) is 5.11 Å². The van der Waals surface area contributed by atoms with Crippen molar-refractivity contribution in [3.8, 4) is 5.75 Å². The summed E-state index contributed by atoms with van der Waals surface area (Å²) in [6, 6.07) is 13.4. The number of ether oxygens (including phenoxy) is 1. The molecule has 0 atom stereocenters. The van der Waals surface area contributed by atoms with Gasteiger partial charge in [0, 0.05) is 14.2 Å². The Bertz CT molecular complexity index is 649. The molecule has 19 heavy (non-hydrogen) atoms. The first-order valence-corrected chi connectivity index (χ1v) is 6.40. The fraction of sp³-hybridized carbons (Fsp3) is 0. The summed E-state index contributed by atoms with van der Waals surface area (Å²) in [6.45, 7) is 0. The summed E-state index contributed by atoms with van der Waals surface area (Å²) in [4.78, 5) is 14.5. The van der Waals surface area contributed by atoms with E-state index in [9.17, 15) is 4.79 Å². The third-order valence-corrected chi connectivity index (χ3v) is 2.94. The molecule has 2 aromatic rings. The van der Waals surface area contributed by atoms with Crippen LogP contribution in [-0.2, 0) is 0 Å². The van der Waals surface area contributed by atoms with Gasteiger partial charge in [-0.2, -0.15) is 0 Å². The predicted octanol–water partition coefficient (Wildman–Crippen LogP) is 4.45. The molecule has 0 unspecified atom stereocenters. The third kappa shape index (κ3) is 3.70. The molecule has 94 valence electrons. The number of benzene rings is 2. The summed E-state index contributed by atoms with van der Waals surface area (Å²) < 4.78 is 6.22. The fourth-order valence-corrected chi connectivity index (χ4v) is 1.93. The summed E-state index contributed by atoms with van der Waals surface area (Å²) in [6.07, 6.45) is 0. The Morgan fingerprint density at radius 2 is 1.95 bits per heavy atom. The molecule has 0 heterocycles. The average molecular weight is 365 g/mol. The van der Waals surface area contributed by atoms with Crippen LogP contribution < -0.4 is 4.74 Å². The molecular formula is C13H8IN3O2. The van der Waals surface area contributed by atoms with Crippen molar-refractivity contribution in [2.75, 3.05) is 0 Å². The number of carbonyl (C=O) groups is 1. The molecule has 0 bridgehead atoms. The Labute approximate surface area is 123 Å². The maximum absolute atomic E-state index is 11.9. The van der Waals surface area contributed by atoms with E-state index in [-0.39, 0.29) is 0 Å². The van der Waals surface area contributed by atoms with Crippen molar-refractivity contribution in [3.63, 3.8) is 0 Å². The van der Waals surface area contributed by atoms with Gasteiger partial charge in [0.05, 0.1) is 5.56 Å². The van der Waals surface area contributed by atoms with Crippen molar-refractivity contribution in [1.82, 2.24) is 0 Å². The van der Waals surface area contributed by atoms with E-state index in [1.165, 1.54) is 0 Å². The van der Waals surface area contributed by atoms with E-state index < -0.39 is 5.97 Å². The molecule has 0 aliphatic carbocycles. The molecule has 0 spiro atoms. The topological polar surface area (TPSA) is 75.1 Å². The quantitative estimate of drug-likeness (QED) is 0.201. The van der Waals surface area contributed by atoms with Crippen LogP contribution in [0.1, 0.15) is 10.4 Å². The van der Waals surface area contributed by atoms with Gasteiger partial charge in [0.1, 0.15) is 5.75 Å². The first-order valence-electron chi connectivity index (χ1n) is 5.32. The van der Waals surface area contributed by atoms with E-state index in [0.29, 0.717) is 17.0 Å². The smallest absolute Gasteiger partial charge is 0.343 e. The van der Waals surface area contributed by atoms with Crippen LogP contribution in [-0.4, -0.2) is 5.97 Å². The molecule has 0 saturated carbocycles. The SMILES string of the molecule is [N-]=[N+]=Nc1ccc(C(=O)Oc2cccc(I)c2)cc1. The van der Waals surface area contributed by atoms with E-state index >= 15 is 0 Å². The van der Waals surface area contributed by atoms with Crippen LogP contribution in [0.2, 0.25) is 0 Å². The van der Waals surface area contributed by atoms with E-state index in [1.807, 2.05) is 12.1 Å². The van der Waals surface area contributed by atoms with E-state index in [0.717, 1.165) is 3.57 Å². The number of carbonyl (C=O) groups excluding carboxylic acids is 1. The zero-order chi connectivity index (χ0) is 13.7. The largest absolute Gasteiger partial charge is 0.423 e. The maximum atomic E-state index is 11.9. The Balaban J connectivity index is 2.13. The maximum Gasteiger partial charge on any atom is 0.343 e. The van der Waals surface area contributed by atoms with Crippen molar-refractivity contribution in [3.05, 3.63) is 68.1 Å². The number of rotatable bonds is 3. The number of azide groups is 1. The summed E-state index contributed by atoms with van der Waals surface area (Å²) in [5.41, 5.74) is 9.14. The molecule has 2 aromatic carbocycles. The second-order valence-corrected chi connectivity index (χ2v) is 4.83. The Morgan fingerprint density at radius 3 is 2.58 bits per heavy atom. The highest BCUT2D eigenvalue weighted by atomic mass is 127. The minimum atomic E-state index is -0.450. The highest BCUT2D eigenvalue weighted by Gasteiger charge is 2.08. The van der Waals surface area contributed by atoms with Crippen LogP contribution in [0.25, 0.3) is 10.4 Å². The minimum Gasteiger partial charge on any atom is -0.423 e. The lowest BCUT2D eigenvalue weighted by atomic mass is 10.2. The molecule has 0 radical (unpaired) electrons. The number of esters is 1. The molecule has 0 aromatic heterocycles. The van der Waals surface area contributed by atoms with Crippen LogP contribution in [0.3, 0.4) is 0 Å². The Morgan fingerprint density at radius 1 is 1.21 bits per heavy atom. The van der Waals surface area contributed by atoms with Gasteiger partial charge in [0.2, 0.25) is 0 Å². The van der Waals surface area contributed by atoms with Crippen molar-refractivity contribution >= 4 is 34.2 Å². The molecule has 6 heteroatoms. The summed E-state index contributed by atoms with van der Waals surface area (Å²) in [7, 11) is 0. The second kappa shape index (κ2) is 6.21. The Hall–Kier alpha value is -2.05. The molecule has 0 fully saturated rings. The van der Waals surface area contributed by atoms with Gasteiger partial charge in [0.25, 0.3) is 0 Å². The third-order valence-electron chi connectivity index (χ3n) is 2.27. The summed E-state index contributed by atoms with van der Waals surface area (Å²) in [5.74, 6) is 0.0468. The van der Waals surface area contributed by atoms with Crippen LogP contribution in [0.4, 0.5) is 5.69 Å². The van der Waals surface area contributed by atoms with Gasteiger partial charge in [-0.05, 0) is 58.5 Å². The number of hydrogen-bond acceptors (Lipinski definition) is 3. The highest BCUT2D eigenvalue weighted by molar-refractivity contribution is 14.1. The van der Waals surface area contributed by atoms with Crippen LogP contribution in [0, 0.1) is 3.57 Å². The van der Waals surface area contributed by atoms with Crippen LogP contribution in [0.5, 0.6) is 5.75 Å². The molecule has 0 aliphatic heterocycles. The Kier molecular flexibility index (Phi) is 4.38. The second-order valence-electron chi connectivity index (χ2n) is 3.58. The molecule has 0 N–H and O–H groups in total. The summed E-state index contributed by atoms with van der Waals surface area (Å²) in [5, 5.41) is 3.43. The first-order chi connectivity index (χ1) is 9.19. The number of hydrogen-bond donors (Lipinski definition) is 0. The molecule has 0 saturated heterocycles. The highest BCUT2D eigenvalue weighted by Crippen LogP contribution is 2.18. The van der Waals surface area contributed by atoms with Gasteiger partial charge in [-0.3, -0.25) is 0 Å². The van der Waals surface area contributed by atoms with E-state index in [2.05, 4.69) is 32.6 Å². The lowest BCUT2D eigenvalue weighted by Crippen LogP contribution is -2.08. The lowest BCUT2D eigenvalue weighted by molar-refractivity contribution is 0.0734. The van der Waals surface area contributed by atoms with Gasteiger partial charge in [-0.25, -0.2) is 4.79 Å². The monoisotopic (exact) mass is 365 g/mol. The number of halogens is 1. The fourth-order valence-electron chi connectivity index (χ4n) is 1.41. The lowest BCUT2D eigenvalue weighted by Gasteiger charge is -2.04. The molecule has 5 nitrogen and oxygen atoms in total. The normalized spacial score (nSPS) is 9.53. The van der Waals surface area contributed by atoms with E-state index in [4.69, 9.17) is 10.3 Å². The summed E-state index contributed by atoms with van der Waals surface area (Å²) >= 11 is 2.14. The predicted molar refractivity (Wildman–Crippen MR) is 79.4 cm³/mol. The van der Waals surface area contributed by atoms with Crippen LogP contribution in [0.15, 0.2) is 53.6 Å². The zero-order valence-electron chi connectivity index (χ0n) is 9.65. The average Bonchev–Trinajstić information content (AvgIpc) is 2.40. The van der Waals surface area contributed by atoms with Gasteiger partial charge < -0.3 is 4.74 Å². The van der Waals surface area contributed by atoms with Gasteiger partial charge in [-0.15, -0.1) is 0 Å². The van der Waals surface area contributed by atoms with Crippen molar-refractivity contribution < 1.29 is 9.53 Å². The van der Waals surface area contributed by atoms with Crippen molar-refractivity contribution in [1.29, 1.82) is 0 Å². The molecular weight excluding hydrogens is 357 g/mol.